The predicted octanol–water partition coefficient (Wildman–Crippen LogP) is 5.77. The van der Waals surface area contributed by atoms with Gasteiger partial charge in [0.25, 0.3) is 5.69 Å². The number of aromatic nitrogens is 1. The molecule has 4 heteroatoms. The highest BCUT2D eigenvalue weighted by Crippen LogP contribution is 2.45. The highest BCUT2D eigenvalue weighted by Gasteiger charge is 2.33. The van der Waals surface area contributed by atoms with Crippen molar-refractivity contribution in [2.24, 2.45) is 0 Å². The Bertz CT molecular complexity index is 997. The van der Waals surface area contributed by atoms with Gasteiger partial charge < -0.3 is 4.57 Å². The van der Waals surface area contributed by atoms with E-state index >= 15 is 0 Å². The Labute approximate surface area is 147 Å². The second-order valence-corrected chi connectivity index (χ2v) is 7.88. The minimum Gasteiger partial charge on any atom is -0.341 e. The molecule has 3 aromatic rings. The highest BCUT2D eigenvalue weighted by atomic mass is 16.6. The van der Waals surface area contributed by atoms with Gasteiger partial charge in [0.1, 0.15) is 0 Å². The van der Waals surface area contributed by atoms with E-state index in [4.69, 9.17) is 0 Å². The summed E-state index contributed by atoms with van der Waals surface area (Å²) in [5.41, 5.74) is 6.33. The normalized spacial score (nSPS) is 18.5. The summed E-state index contributed by atoms with van der Waals surface area (Å²) in [5, 5.41) is 12.2. The molecule has 1 aliphatic heterocycles. The SMILES string of the molecule is Cc1cc2c3c(c1)c(-c1ccc([N+](=O)[O-])cc1)cn3C(C)(C)C[C@@H]2C. The quantitative estimate of drug-likeness (QED) is 0.441. The first-order chi connectivity index (χ1) is 11.8. The van der Waals surface area contributed by atoms with E-state index in [1.54, 1.807) is 12.1 Å². The first-order valence-corrected chi connectivity index (χ1v) is 8.69. The van der Waals surface area contributed by atoms with Crippen molar-refractivity contribution in [1.29, 1.82) is 0 Å². The first-order valence-electron chi connectivity index (χ1n) is 8.69. The number of hydrogen-bond acceptors (Lipinski definition) is 2. The van der Waals surface area contributed by atoms with Crippen LogP contribution in [0.15, 0.2) is 42.6 Å². The second kappa shape index (κ2) is 5.19. The Morgan fingerprint density at radius 3 is 2.52 bits per heavy atom. The molecule has 128 valence electrons. The van der Waals surface area contributed by atoms with Crippen LogP contribution in [-0.4, -0.2) is 9.49 Å². The van der Waals surface area contributed by atoms with E-state index in [2.05, 4.69) is 50.6 Å². The Morgan fingerprint density at radius 2 is 1.88 bits per heavy atom. The van der Waals surface area contributed by atoms with Crippen LogP contribution < -0.4 is 0 Å². The number of non-ortho nitro benzene ring substituents is 1. The van der Waals surface area contributed by atoms with Gasteiger partial charge in [0.2, 0.25) is 0 Å². The molecule has 0 N–H and O–H groups in total. The van der Waals surface area contributed by atoms with Crippen LogP contribution >= 0.6 is 0 Å². The molecule has 0 saturated heterocycles. The fraction of sp³-hybridized carbons (Fsp3) is 0.333. The van der Waals surface area contributed by atoms with Gasteiger partial charge in [0, 0.05) is 34.8 Å². The molecule has 2 aromatic carbocycles. The van der Waals surface area contributed by atoms with Crippen molar-refractivity contribution >= 4 is 16.6 Å². The topological polar surface area (TPSA) is 48.1 Å². The standard InChI is InChI=1S/C21H22N2O2/c1-13-9-17-14(2)11-21(3,4)22-12-19(18(10-13)20(17)22)15-5-7-16(8-6-15)23(24)25/h5-10,12,14H,11H2,1-4H3/t14-/m0/s1. The maximum Gasteiger partial charge on any atom is 0.269 e. The molecule has 0 aliphatic carbocycles. The van der Waals surface area contributed by atoms with Crippen LogP contribution in [0.25, 0.3) is 22.0 Å². The van der Waals surface area contributed by atoms with E-state index in [-0.39, 0.29) is 16.1 Å². The maximum atomic E-state index is 10.9. The molecular formula is C21H22N2O2. The molecule has 4 rings (SSSR count). The molecule has 0 saturated carbocycles. The van der Waals surface area contributed by atoms with E-state index in [9.17, 15) is 10.1 Å². The van der Waals surface area contributed by atoms with Crippen LogP contribution in [0.1, 0.15) is 44.2 Å². The lowest BCUT2D eigenvalue weighted by Gasteiger charge is -2.36. The molecule has 1 aromatic heterocycles. The molecule has 0 fully saturated rings. The zero-order chi connectivity index (χ0) is 17.9. The molecule has 1 aliphatic rings. The summed E-state index contributed by atoms with van der Waals surface area (Å²) in [7, 11) is 0. The summed E-state index contributed by atoms with van der Waals surface area (Å²) >= 11 is 0. The predicted molar refractivity (Wildman–Crippen MR) is 101 cm³/mol. The van der Waals surface area contributed by atoms with Crippen LogP contribution in [0.4, 0.5) is 5.69 Å². The molecule has 4 nitrogen and oxygen atoms in total. The number of nitro benzene ring substituents is 1. The van der Waals surface area contributed by atoms with Gasteiger partial charge >= 0.3 is 0 Å². The molecule has 0 amide bonds. The van der Waals surface area contributed by atoms with Crippen molar-refractivity contribution in [1.82, 2.24) is 4.57 Å². The molecule has 25 heavy (non-hydrogen) atoms. The number of benzene rings is 2. The van der Waals surface area contributed by atoms with Gasteiger partial charge in [-0.25, -0.2) is 0 Å². The lowest BCUT2D eigenvalue weighted by atomic mass is 9.82. The fourth-order valence-electron chi connectivity index (χ4n) is 4.35. The van der Waals surface area contributed by atoms with Gasteiger partial charge in [0.05, 0.1) is 10.4 Å². The van der Waals surface area contributed by atoms with Crippen LogP contribution in [0.5, 0.6) is 0 Å². The van der Waals surface area contributed by atoms with Crippen LogP contribution in [0.3, 0.4) is 0 Å². The summed E-state index contributed by atoms with van der Waals surface area (Å²) in [4.78, 5) is 10.6. The smallest absolute Gasteiger partial charge is 0.269 e. The monoisotopic (exact) mass is 334 g/mol. The van der Waals surface area contributed by atoms with Gasteiger partial charge in [-0.3, -0.25) is 10.1 Å². The van der Waals surface area contributed by atoms with Crippen molar-refractivity contribution < 1.29 is 4.92 Å². The van der Waals surface area contributed by atoms with Gasteiger partial charge in [-0.1, -0.05) is 18.6 Å². The third kappa shape index (κ3) is 2.36. The van der Waals surface area contributed by atoms with E-state index in [1.165, 1.54) is 22.0 Å². The van der Waals surface area contributed by atoms with Crippen LogP contribution in [0, 0.1) is 17.0 Å². The summed E-state index contributed by atoms with van der Waals surface area (Å²) in [6.07, 6.45) is 3.33. The van der Waals surface area contributed by atoms with Gasteiger partial charge in [-0.2, -0.15) is 0 Å². The number of hydrogen-bond donors (Lipinski definition) is 0. The van der Waals surface area contributed by atoms with Gasteiger partial charge in [-0.05, 0) is 62.4 Å². The summed E-state index contributed by atoms with van der Waals surface area (Å²) in [5.74, 6) is 0.518. The van der Waals surface area contributed by atoms with Crippen molar-refractivity contribution in [2.75, 3.05) is 0 Å². The lowest BCUT2D eigenvalue weighted by Crippen LogP contribution is -2.31. The number of aryl methyl sites for hydroxylation is 1. The van der Waals surface area contributed by atoms with Gasteiger partial charge in [0.15, 0.2) is 0 Å². The average molecular weight is 334 g/mol. The molecule has 2 heterocycles. The maximum absolute atomic E-state index is 10.9. The minimum absolute atomic E-state index is 0.0545. The Hall–Kier alpha value is -2.62. The summed E-state index contributed by atoms with van der Waals surface area (Å²) in [6.45, 7) is 9.01. The van der Waals surface area contributed by atoms with E-state index in [0.717, 1.165) is 17.5 Å². The third-order valence-electron chi connectivity index (χ3n) is 5.45. The Morgan fingerprint density at radius 1 is 1.20 bits per heavy atom. The van der Waals surface area contributed by atoms with E-state index in [1.807, 2.05) is 12.1 Å². The van der Waals surface area contributed by atoms with Crippen molar-refractivity contribution in [3.8, 4) is 11.1 Å². The molecule has 0 bridgehead atoms. The second-order valence-electron chi connectivity index (χ2n) is 7.88. The number of nitro groups is 1. The van der Waals surface area contributed by atoms with E-state index in [0.29, 0.717) is 5.92 Å². The van der Waals surface area contributed by atoms with Crippen molar-refractivity contribution in [3.63, 3.8) is 0 Å². The summed E-state index contributed by atoms with van der Waals surface area (Å²) < 4.78 is 2.40. The molecule has 0 unspecified atom stereocenters. The Kier molecular flexibility index (Phi) is 3.29. The average Bonchev–Trinajstić information content (AvgIpc) is 2.93. The van der Waals surface area contributed by atoms with Gasteiger partial charge in [-0.15, -0.1) is 0 Å². The van der Waals surface area contributed by atoms with Crippen LogP contribution in [-0.2, 0) is 5.54 Å². The molecule has 0 spiro atoms. The lowest BCUT2D eigenvalue weighted by molar-refractivity contribution is -0.384. The van der Waals surface area contributed by atoms with Crippen molar-refractivity contribution in [2.45, 2.75) is 45.6 Å². The minimum atomic E-state index is -0.353. The molecule has 1 atom stereocenters. The zero-order valence-corrected chi connectivity index (χ0v) is 15.0. The Balaban J connectivity index is 2.01. The van der Waals surface area contributed by atoms with E-state index < -0.39 is 0 Å². The molecular weight excluding hydrogens is 312 g/mol. The number of nitrogens with zero attached hydrogens (tertiary/aromatic N) is 2. The van der Waals surface area contributed by atoms with Crippen LogP contribution in [0.2, 0.25) is 0 Å². The zero-order valence-electron chi connectivity index (χ0n) is 15.0. The van der Waals surface area contributed by atoms with Crippen molar-refractivity contribution in [3.05, 3.63) is 63.8 Å². The largest absolute Gasteiger partial charge is 0.341 e. The first kappa shape index (κ1) is 15.9. The highest BCUT2D eigenvalue weighted by molar-refractivity contribution is 5.99. The molecule has 0 radical (unpaired) electrons. The third-order valence-corrected chi connectivity index (χ3v) is 5.45. The number of rotatable bonds is 2. The fourth-order valence-corrected chi connectivity index (χ4v) is 4.35. The summed E-state index contributed by atoms with van der Waals surface area (Å²) in [6, 6.07) is 11.4.